The number of oxazole rings is 1. The molecule has 1 amide bonds. The molecule has 2 aromatic heterocycles. The largest absolute Gasteiger partial charge is 0.436 e. The van der Waals surface area contributed by atoms with Crippen LogP contribution >= 0.6 is 0 Å². The number of carbonyl (C=O) groups is 1. The van der Waals surface area contributed by atoms with Crippen LogP contribution in [0.5, 0.6) is 0 Å². The molecule has 1 atom stereocenters. The Morgan fingerprint density at radius 3 is 2.78 bits per heavy atom. The molecule has 2 aliphatic heterocycles. The maximum Gasteiger partial charge on any atom is 0.309 e. The quantitative estimate of drug-likeness (QED) is 0.482. The van der Waals surface area contributed by atoms with Gasteiger partial charge in [0.25, 0.3) is 15.9 Å². The van der Waals surface area contributed by atoms with Crippen molar-refractivity contribution in [3.8, 4) is 12.3 Å². The highest BCUT2D eigenvalue weighted by atomic mass is 32.2. The molecule has 2 aliphatic rings. The molecule has 11 heteroatoms. The van der Waals surface area contributed by atoms with Crippen LogP contribution in [0, 0.1) is 12.3 Å². The summed E-state index contributed by atoms with van der Waals surface area (Å²) in [6.45, 7) is 1.04. The van der Waals surface area contributed by atoms with Crippen LogP contribution in [0.4, 0.5) is 0 Å². The lowest BCUT2D eigenvalue weighted by Gasteiger charge is -2.33. The summed E-state index contributed by atoms with van der Waals surface area (Å²) in [5, 5.41) is 13.3. The summed E-state index contributed by atoms with van der Waals surface area (Å²) < 4.78 is 33.1. The number of benzene rings is 1. The number of hydrogen-bond acceptors (Lipinski definition) is 7. The Bertz CT molecular complexity index is 1340. The van der Waals surface area contributed by atoms with Gasteiger partial charge in [0, 0.05) is 49.1 Å². The fourth-order valence-electron chi connectivity index (χ4n) is 3.98. The van der Waals surface area contributed by atoms with Crippen molar-refractivity contribution in [1.29, 1.82) is 0 Å². The van der Waals surface area contributed by atoms with Crippen molar-refractivity contribution in [2.24, 2.45) is 0 Å². The number of hydrogen-bond donors (Lipinski definition) is 3. The normalized spacial score (nSPS) is 19.6. The van der Waals surface area contributed by atoms with Gasteiger partial charge >= 0.3 is 5.91 Å². The van der Waals surface area contributed by atoms with Crippen molar-refractivity contribution < 1.29 is 22.7 Å². The van der Waals surface area contributed by atoms with Gasteiger partial charge in [-0.15, -0.1) is 6.42 Å². The molecule has 3 aromatic rings. The maximum absolute atomic E-state index is 13.1. The van der Waals surface area contributed by atoms with Gasteiger partial charge in [0.1, 0.15) is 17.0 Å². The molecule has 1 unspecified atom stereocenters. The van der Waals surface area contributed by atoms with E-state index in [1.807, 2.05) is 0 Å². The number of fused-ring (bicyclic) bond motifs is 2. The minimum atomic E-state index is -3.75. The van der Waals surface area contributed by atoms with Crippen LogP contribution in [-0.2, 0) is 23.0 Å². The van der Waals surface area contributed by atoms with Crippen LogP contribution in [0.25, 0.3) is 10.9 Å². The minimum absolute atomic E-state index is 0.0397. The highest BCUT2D eigenvalue weighted by Crippen LogP contribution is 2.24. The number of aromatic nitrogens is 2. The number of terminal acetylenes is 1. The molecule has 0 saturated carbocycles. The molecule has 1 fully saturated rings. The number of nitrogens with one attached hydrogen (secondary N) is 2. The van der Waals surface area contributed by atoms with E-state index in [0.29, 0.717) is 29.1 Å². The van der Waals surface area contributed by atoms with Crippen LogP contribution in [0.1, 0.15) is 27.7 Å². The molecule has 0 aliphatic carbocycles. The molecule has 10 nitrogen and oxygen atoms in total. The molecule has 1 saturated heterocycles. The second-order valence-electron chi connectivity index (χ2n) is 7.77. The lowest BCUT2D eigenvalue weighted by atomic mass is 10.2. The van der Waals surface area contributed by atoms with Gasteiger partial charge < -0.3 is 19.4 Å². The predicted molar refractivity (Wildman–Crippen MR) is 114 cm³/mol. The van der Waals surface area contributed by atoms with E-state index in [1.165, 1.54) is 9.21 Å². The van der Waals surface area contributed by atoms with E-state index in [9.17, 15) is 18.3 Å². The summed E-state index contributed by atoms with van der Waals surface area (Å²) in [5.74, 6) is 2.64. The van der Waals surface area contributed by atoms with Gasteiger partial charge in [0.2, 0.25) is 0 Å². The second kappa shape index (κ2) is 7.75. The zero-order valence-electron chi connectivity index (χ0n) is 17.0. The van der Waals surface area contributed by atoms with Crippen LogP contribution in [0.3, 0.4) is 0 Å². The first kappa shape index (κ1) is 20.7. The fraction of sp³-hybridized carbons (Fsp3) is 0.333. The minimum Gasteiger partial charge on any atom is -0.436 e. The van der Waals surface area contributed by atoms with Crippen molar-refractivity contribution in [2.75, 3.05) is 26.2 Å². The average molecular weight is 455 g/mol. The van der Waals surface area contributed by atoms with Gasteiger partial charge in [-0.3, -0.25) is 10.1 Å². The summed E-state index contributed by atoms with van der Waals surface area (Å²) in [4.78, 5) is 21.5. The zero-order chi connectivity index (χ0) is 22.5. The van der Waals surface area contributed by atoms with E-state index in [0.717, 1.165) is 5.39 Å². The smallest absolute Gasteiger partial charge is 0.309 e. The van der Waals surface area contributed by atoms with Gasteiger partial charge in [-0.25, -0.2) is 13.4 Å². The van der Waals surface area contributed by atoms with E-state index in [2.05, 4.69) is 21.2 Å². The summed E-state index contributed by atoms with van der Waals surface area (Å²) in [5.41, 5.74) is 1.92. The second-order valence-corrected chi connectivity index (χ2v) is 9.67. The highest BCUT2D eigenvalue weighted by molar-refractivity contribution is 7.89. The molecular formula is C21H21N5O5S. The van der Waals surface area contributed by atoms with E-state index < -0.39 is 22.2 Å². The first-order valence-electron chi connectivity index (χ1n) is 10.1. The first-order valence-corrected chi connectivity index (χ1v) is 11.6. The Balaban J connectivity index is 1.29. The average Bonchev–Trinajstić information content (AvgIpc) is 3.42. The van der Waals surface area contributed by atoms with Crippen molar-refractivity contribution >= 4 is 26.8 Å². The summed E-state index contributed by atoms with van der Waals surface area (Å²) in [6.07, 6.45) is 4.97. The zero-order valence-corrected chi connectivity index (χ0v) is 17.9. The molecule has 5 rings (SSSR count). The number of carbonyl (C=O) groups excluding carboxylic acids is 1. The van der Waals surface area contributed by atoms with Gasteiger partial charge in [0.05, 0.1) is 12.2 Å². The third kappa shape index (κ3) is 3.57. The SMILES string of the molecule is C#Cc1ccc2[nH]c(S(=O)(=O)N3CCN(C(=O)c4nc5c(o4)CNC(O)C5)CC3)cc2c1. The van der Waals surface area contributed by atoms with E-state index in [-0.39, 0.29) is 43.5 Å². The Morgan fingerprint density at radius 2 is 2.03 bits per heavy atom. The number of H-pyrrole nitrogens is 1. The maximum atomic E-state index is 13.1. The number of sulfonamides is 1. The van der Waals surface area contributed by atoms with Gasteiger partial charge in [0.15, 0.2) is 0 Å². The Kier molecular flexibility index (Phi) is 5.02. The molecule has 3 N–H and O–H groups in total. The highest BCUT2D eigenvalue weighted by Gasteiger charge is 2.33. The summed E-state index contributed by atoms with van der Waals surface area (Å²) in [7, 11) is -3.75. The standard InChI is InChI=1S/C21H21N5O5S/c1-2-13-3-4-15-14(9-13)10-19(23-15)32(29,30)26-7-5-25(6-8-26)21(28)20-24-16-11-18(27)22-12-17(16)31-20/h1,3-4,9-10,18,22-23,27H,5-8,11-12H2. The van der Waals surface area contributed by atoms with Gasteiger partial charge in [-0.2, -0.15) is 4.31 Å². The van der Waals surface area contributed by atoms with Gasteiger partial charge in [-0.05, 0) is 24.3 Å². The summed E-state index contributed by atoms with van der Waals surface area (Å²) in [6, 6.07) is 6.83. The lowest BCUT2D eigenvalue weighted by Crippen LogP contribution is -2.50. The Labute approximate surface area is 184 Å². The number of aliphatic hydroxyl groups is 1. The van der Waals surface area contributed by atoms with Gasteiger partial charge in [-0.1, -0.05) is 5.92 Å². The third-order valence-electron chi connectivity index (χ3n) is 5.75. The number of piperazine rings is 1. The predicted octanol–water partition coefficient (Wildman–Crippen LogP) is 0.248. The Morgan fingerprint density at radius 1 is 1.25 bits per heavy atom. The first-order chi connectivity index (χ1) is 15.3. The fourth-order valence-corrected chi connectivity index (χ4v) is 5.42. The molecule has 4 heterocycles. The molecule has 0 radical (unpaired) electrons. The molecule has 32 heavy (non-hydrogen) atoms. The Hall–Kier alpha value is -3.17. The number of amides is 1. The molecular weight excluding hydrogens is 434 g/mol. The van der Waals surface area contributed by atoms with Crippen molar-refractivity contribution in [2.45, 2.75) is 24.2 Å². The number of rotatable bonds is 3. The van der Waals surface area contributed by atoms with Crippen LogP contribution in [0.2, 0.25) is 0 Å². The van der Waals surface area contributed by atoms with Crippen LogP contribution in [0.15, 0.2) is 33.7 Å². The molecule has 0 spiro atoms. The molecule has 1 aromatic carbocycles. The van der Waals surface area contributed by atoms with Crippen LogP contribution in [-0.4, -0.2) is 71.0 Å². The topological polar surface area (TPSA) is 132 Å². The van der Waals surface area contributed by atoms with Crippen molar-refractivity contribution in [1.82, 2.24) is 24.5 Å². The monoisotopic (exact) mass is 455 g/mol. The number of aromatic amines is 1. The third-order valence-corrected chi connectivity index (χ3v) is 7.57. The van der Waals surface area contributed by atoms with Crippen molar-refractivity contribution in [3.63, 3.8) is 0 Å². The van der Waals surface area contributed by atoms with E-state index in [1.54, 1.807) is 24.3 Å². The summed E-state index contributed by atoms with van der Waals surface area (Å²) >= 11 is 0. The van der Waals surface area contributed by atoms with Crippen LogP contribution < -0.4 is 5.32 Å². The van der Waals surface area contributed by atoms with E-state index >= 15 is 0 Å². The molecule has 166 valence electrons. The number of aliphatic hydroxyl groups excluding tert-OH is 1. The van der Waals surface area contributed by atoms with Crippen molar-refractivity contribution in [3.05, 3.63) is 47.2 Å². The van der Waals surface area contributed by atoms with E-state index in [4.69, 9.17) is 10.8 Å². The number of nitrogens with zero attached hydrogens (tertiary/aromatic N) is 3. The lowest BCUT2D eigenvalue weighted by molar-refractivity contribution is 0.0655. The molecule has 0 bridgehead atoms.